The molecule has 1 aromatic carbocycles. The van der Waals surface area contributed by atoms with Crippen molar-refractivity contribution in [2.45, 2.75) is 31.8 Å². The summed E-state index contributed by atoms with van der Waals surface area (Å²) in [6.07, 6.45) is -3.48. The van der Waals surface area contributed by atoms with Gasteiger partial charge in [-0.25, -0.2) is 0 Å². The molecule has 140 valence electrons. The molecule has 5 nitrogen and oxygen atoms in total. The van der Waals surface area contributed by atoms with Gasteiger partial charge in [-0.2, -0.15) is 13.2 Å². The normalized spacial score (nSPS) is 19.2. The van der Waals surface area contributed by atoms with Gasteiger partial charge in [0.15, 0.2) is 5.96 Å². The fourth-order valence-electron chi connectivity index (χ4n) is 2.84. The average Bonchev–Trinajstić information content (AvgIpc) is 2.98. The number of benzene rings is 1. The summed E-state index contributed by atoms with van der Waals surface area (Å²) in [6.45, 7) is 1.12. The number of hydrogen-bond acceptors (Lipinski definition) is 3. The fourth-order valence-corrected chi connectivity index (χ4v) is 2.84. The zero-order chi connectivity index (χ0) is 18.3. The van der Waals surface area contributed by atoms with Gasteiger partial charge in [-0.1, -0.05) is 24.3 Å². The molecule has 1 fully saturated rings. The molecular weight excluding hydrogens is 333 g/mol. The first kappa shape index (κ1) is 19.5. The first-order chi connectivity index (χ1) is 11.9. The lowest BCUT2D eigenvalue weighted by molar-refractivity contribution is -0.143. The maximum Gasteiger partial charge on any atom is 0.401 e. The standard InChI is InChI=1S/C17H25F3N4O/c1-21-16(22-9-13-3-5-14(6-4-13)11-25-2)23-15-7-8-24(10-15)12-17(18,19)20/h3-6,15H,7-12H2,1-2H3,(H2,21,22,23). The fraction of sp³-hybridized carbons (Fsp3) is 0.588. The number of guanidine groups is 1. The van der Waals surface area contributed by atoms with Crippen LogP contribution in [0.2, 0.25) is 0 Å². The van der Waals surface area contributed by atoms with E-state index in [2.05, 4.69) is 15.6 Å². The van der Waals surface area contributed by atoms with E-state index in [9.17, 15) is 13.2 Å². The first-order valence-electron chi connectivity index (χ1n) is 8.22. The van der Waals surface area contributed by atoms with Gasteiger partial charge in [0, 0.05) is 39.8 Å². The Morgan fingerprint density at radius 1 is 1.28 bits per heavy atom. The molecule has 0 radical (unpaired) electrons. The Morgan fingerprint density at radius 2 is 1.96 bits per heavy atom. The highest BCUT2D eigenvalue weighted by Gasteiger charge is 2.34. The van der Waals surface area contributed by atoms with E-state index in [1.807, 2.05) is 24.3 Å². The quantitative estimate of drug-likeness (QED) is 0.604. The second-order valence-electron chi connectivity index (χ2n) is 6.16. The molecule has 1 aliphatic heterocycles. The largest absolute Gasteiger partial charge is 0.401 e. The van der Waals surface area contributed by atoms with Crippen LogP contribution in [0.1, 0.15) is 17.5 Å². The van der Waals surface area contributed by atoms with E-state index in [1.165, 1.54) is 4.90 Å². The van der Waals surface area contributed by atoms with Crippen molar-refractivity contribution in [2.24, 2.45) is 4.99 Å². The minimum absolute atomic E-state index is 0.0300. The molecule has 1 saturated heterocycles. The number of nitrogens with zero attached hydrogens (tertiary/aromatic N) is 2. The Kier molecular flexibility index (Phi) is 7.07. The van der Waals surface area contributed by atoms with E-state index >= 15 is 0 Å². The number of methoxy groups -OCH3 is 1. The number of halogens is 3. The van der Waals surface area contributed by atoms with Gasteiger partial charge in [0.2, 0.25) is 0 Å². The minimum atomic E-state index is -4.15. The van der Waals surface area contributed by atoms with Crippen molar-refractivity contribution in [3.8, 4) is 0 Å². The summed E-state index contributed by atoms with van der Waals surface area (Å²) in [5.41, 5.74) is 2.19. The molecule has 1 heterocycles. The van der Waals surface area contributed by atoms with Crippen molar-refractivity contribution >= 4 is 5.96 Å². The van der Waals surface area contributed by atoms with E-state index in [-0.39, 0.29) is 6.04 Å². The van der Waals surface area contributed by atoms with Crippen LogP contribution in [0.5, 0.6) is 0 Å². The van der Waals surface area contributed by atoms with Crippen LogP contribution in [0.15, 0.2) is 29.3 Å². The Labute approximate surface area is 146 Å². The second kappa shape index (κ2) is 9.05. The number of aliphatic imine (C=N–C) groups is 1. The Hall–Kier alpha value is -1.80. The van der Waals surface area contributed by atoms with Gasteiger partial charge in [0.25, 0.3) is 0 Å². The molecule has 25 heavy (non-hydrogen) atoms. The average molecular weight is 358 g/mol. The van der Waals surface area contributed by atoms with Gasteiger partial charge in [-0.3, -0.25) is 9.89 Å². The van der Waals surface area contributed by atoms with Gasteiger partial charge >= 0.3 is 6.18 Å². The van der Waals surface area contributed by atoms with E-state index in [4.69, 9.17) is 4.74 Å². The van der Waals surface area contributed by atoms with E-state index < -0.39 is 12.7 Å². The number of hydrogen-bond donors (Lipinski definition) is 2. The highest BCUT2D eigenvalue weighted by Crippen LogP contribution is 2.19. The second-order valence-corrected chi connectivity index (χ2v) is 6.16. The molecule has 1 atom stereocenters. The van der Waals surface area contributed by atoms with Gasteiger partial charge in [-0.05, 0) is 17.5 Å². The molecule has 0 aliphatic carbocycles. The summed E-state index contributed by atoms with van der Waals surface area (Å²) in [4.78, 5) is 5.56. The summed E-state index contributed by atoms with van der Waals surface area (Å²) in [5.74, 6) is 0.597. The SMILES string of the molecule is CN=C(NCc1ccc(COC)cc1)NC1CCN(CC(F)(F)F)C1. The molecule has 0 bridgehead atoms. The third-order valence-corrected chi connectivity index (χ3v) is 4.03. The summed E-state index contributed by atoms with van der Waals surface area (Å²) in [7, 11) is 3.31. The molecule has 8 heteroatoms. The van der Waals surface area contributed by atoms with Crippen LogP contribution < -0.4 is 10.6 Å². The molecule has 0 aromatic heterocycles. The van der Waals surface area contributed by atoms with Crippen LogP contribution in [0.3, 0.4) is 0 Å². The van der Waals surface area contributed by atoms with Crippen molar-refractivity contribution in [1.82, 2.24) is 15.5 Å². The van der Waals surface area contributed by atoms with Crippen LogP contribution >= 0.6 is 0 Å². The molecule has 0 amide bonds. The van der Waals surface area contributed by atoms with Crippen LogP contribution in [0.25, 0.3) is 0 Å². The predicted octanol–water partition coefficient (Wildman–Crippen LogP) is 2.13. The Balaban J connectivity index is 1.77. The van der Waals surface area contributed by atoms with Gasteiger partial charge in [0.05, 0.1) is 13.2 Å². The maximum absolute atomic E-state index is 12.4. The third kappa shape index (κ3) is 6.91. The minimum Gasteiger partial charge on any atom is -0.380 e. The zero-order valence-electron chi connectivity index (χ0n) is 14.6. The van der Waals surface area contributed by atoms with Crippen molar-refractivity contribution in [3.63, 3.8) is 0 Å². The smallest absolute Gasteiger partial charge is 0.380 e. The van der Waals surface area contributed by atoms with Crippen LogP contribution in [0.4, 0.5) is 13.2 Å². The van der Waals surface area contributed by atoms with Gasteiger partial charge in [-0.15, -0.1) is 0 Å². The number of nitrogens with one attached hydrogen (secondary N) is 2. The summed E-state index contributed by atoms with van der Waals surface area (Å²) < 4.78 is 42.4. The summed E-state index contributed by atoms with van der Waals surface area (Å²) >= 11 is 0. The van der Waals surface area contributed by atoms with Crippen LogP contribution in [0, 0.1) is 0 Å². The molecule has 1 aromatic rings. The van der Waals surface area contributed by atoms with E-state index in [0.717, 1.165) is 11.1 Å². The number of alkyl halides is 3. The zero-order valence-corrected chi connectivity index (χ0v) is 14.6. The van der Waals surface area contributed by atoms with Crippen molar-refractivity contribution in [1.29, 1.82) is 0 Å². The van der Waals surface area contributed by atoms with Gasteiger partial charge < -0.3 is 15.4 Å². The van der Waals surface area contributed by atoms with Gasteiger partial charge in [0.1, 0.15) is 0 Å². The van der Waals surface area contributed by atoms with Crippen molar-refractivity contribution in [2.75, 3.05) is 33.8 Å². The highest BCUT2D eigenvalue weighted by atomic mass is 19.4. The number of likely N-dealkylation sites (tertiary alicyclic amines) is 1. The third-order valence-electron chi connectivity index (χ3n) is 4.03. The van der Waals surface area contributed by atoms with Crippen LogP contribution in [-0.2, 0) is 17.9 Å². The molecule has 2 rings (SSSR count). The lowest BCUT2D eigenvalue weighted by atomic mass is 10.1. The topological polar surface area (TPSA) is 48.9 Å². The predicted molar refractivity (Wildman–Crippen MR) is 91.4 cm³/mol. The van der Waals surface area contributed by atoms with Crippen molar-refractivity contribution in [3.05, 3.63) is 35.4 Å². The monoisotopic (exact) mass is 358 g/mol. The maximum atomic E-state index is 12.4. The first-order valence-corrected chi connectivity index (χ1v) is 8.22. The summed E-state index contributed by atoms with van der Waals surface area (Å²) in [5, 5.41) is 6.39. The number of rotatable bonds is 6. The molecule has 0 saturated carbocycles. The molecule has 0 spiro atoms. The molecule has 1 unspecified atom stereocenters. The molecule has 2 N–H and O–H groups in total. The van der Waals surface area contributed by atoms with Crippen molar-refractivity contribution < 1.29 is 17.9 Å². The Morgan fingerprint density at radius 3 is 2.56 bits per heavy atom. The Bertz CT molecular complexity index is 560. The molecule has 1 aliphatic rings. The number of ether oxygens (including phenoxy) is 1. The lowest BCUT2D eigenvalue weighted by Crippen LogP contribution is -2.44. The highest BCUT2D eigenvalue weighted by molar-refractivity contribution is 5.80. The van der Waals surface area contributed by atoms with Crippen LogP contribution in [-0.4, -0.2) is 56.9 Å². The summed E-state index contributed by atoms with van der Waals surface area (Å²) in [6, 6.07) is 7.99. The lowest BCUT2D eigenvalue weighted by Gasteiger charge is -2.19. The van der Waals surface area contributed by atoms with E-state index in [1.54, 1.807) is 14.2 Å². The van der Waals surface area contributed by atoms with E-state index in [0.29, 0.717) is 38.6 Å². The molecular formula is C17H25F3N4O.